The van der Waals surface area contributed by atoms with Crippen LogP contribution in [0.4, 0.5) is 11.4 Å². The molecule has 1 saturated heterocycles. The molecule has 0 bridgehead atoms. The first-order chi connectivity index (χ1) is 9.04. The third kappa shape index (κ3) is 4.48. The largest absolute Gasteiger partial charge is 0.868 e. The highest BCUT2D eigenvalue weighted by molar-refractivity contribution is 5.60. The van der Waals surface area contributed by atoms with Gasteiger partial charge in [-0.2, -0.15) is 0 Å². The Hall–Kier alpha value is -2.26. The van der Waals surface area contributed by atoms with Gasteiger partial charge in [0.25, 0.3) is 0 Å². The van der Waals surface area contributed by atoms with E-state index in [2.05, 4.69) is 5.32 Å². The minimum Gasteiger partial charge on any atom is -0.868 e. The first kappa shape index (κ1) is 14.8. The first-order valence-corrected chi connectivity index (χ1v) is 5.52. The van der Waals surface area contributed by atoms with E-state index in [0.29, 0.717) is 0 Å². The number of nitrogens with two attached hydrogens (primary N) is 1. The Kier molecular flexibility index (Phi) is 5.64. The van der Waals surface area contributed by atoms with E-state index in [9.17, 15) is 25.3 Å². The van der Waals surface area contributed by atoms with Crippen LogP contribution in [0.3, 0.4) is 0 Å². The summed E-state index contributed by atoms with van der Waals surface area (Å²) in [5.41, 5.74) is -1.77. The number of nitro benzene ring substituents is 2. The van der Waals surface area contributed by atoms with Gasteiger partial charge in [0.2, 0.25) is 0 Å². The molecule has 1 fully saturated rings. The second-order valence-electron chi connectivity index (χ2n) is 3.62. The van der Waals surface area contributed by atoms with Gasteiger partial charge in [-0.1, -0.05) is 12.1 Å². The van der Waals surface area contributed by atoms with E-state index in [1.54, 1.807) is 0 Å². The molecule has 9 heteroatoms. The summed E-state index contributed by atoms with van der Waals surface area (Å²) in [6.45, 7) is 4.19. The van der Waals surface area contributed by atoms with Gasteiger partial charge in [-0.05, 0) is 5.75 Å². The lowest BCUT2D eigenvalue weighted by atomic mass is 10.2. The van der Waals surface area contributed by atoms with E-state index in [-0.39, 0.29) is 0 Å². The number of quaternary nitrogens is 1. The van der Waals surface area contributed by atoms with Crippen molar-refractivity contribution >= 4 is 11.4 Å². The highest BCUT2D eigenvalue weighted by Gasteiger charge is 2.23. The number of hydrogen-bond donors (Lipinski definition) is 1. The highest BCUT2D eigenvalue weighted by Crippen LogP contribution is 2.32. The predicted octanol–water partition coefficient (Wildman–Crippen LogP) is -0.843. The van der Waals surface area contributed by atoms with Crippen LogP contribution in [-0.2, 0) is 4.74 Å². The van der Waals surface area contributed by atoms with Crippen LogP contribution in [0.2, 0.25) is 0 Å². The Bertz CT molecular complexity index is 449. The maximum Gasteiger partial charge on any atom is 0.345 e. The Morgan fingerprint density at radius 1 is 1.11 bits per heavy atom. The SMILES string of the molecule is C1COCC[NH2+]1.O=[N+]([O-])c1cccc([O-])c1[N+](=O)[O-]. The summed E-state index contributed by atoms with van der Waals surface area (Å²) in [6.07, 6.45) is 0. The minimum atomic E-state index is -1.06. The van der Waals surface area contributed by atoms with Crippen molar-refractivity contribution in [2.75, 3.05) is 26.3 Å². The molecule has 2 rings (SSSR count). The van der Waals surface area contributed by atoms with Gasteiger partial charge in [0.05, 0.1) is 36.1 Å². The fourth-order valence-electron chi connectivity index (χ4n) is 1.42. The van der Waals surface area contributed by atoms with E-state index in [0.717, 1.165) is 44.5 Å². The van der Waals surface area contributed by atoms with Gasteiger partial charge in [0, 0.05) is 6.07 Å². The average Bonchev–Trinajstić information content (AvgIpc) is 2.40. The molecule has 1 aromatic rings. The number of benzene rings is 1. The number of ether oxygens (including phenoxy) is 1. The highest BCUT2D eigenvalue weighted by atomic mass is 16.6. The monoisotopic (exact) mass is 271 g/mol. The van der Waals surface area contributed by atoms with Crippen LogP contribution in [0.25, 0.3) is 0 Å². The molecule has 2 N–H and O–H groups in total. The Morgan fingerprint density at radius 3 is 2.05 bits per heavy atom. The van der Waals surface area contributed by atoms with E-state index < -0.39 is 27.0 Å². The van der Waals surface area contributed by atoms with Crippen LogP contribution in [0, 0.1) is 20.2 Å². The second kappa shape index (κ2) is 7.24. The summed E-state index contributed by atoms with van der Waals surface area (Å²) < 4.78 is 5.04. The second-order valence-corrected chi connectivity index (χ2v) is 3.62. The molecule has 0 aliphatic carbocycles. The van der Waals surface area contributed by atoms with Gasteiger partial charge in [-0.3, -0.25) is 20.2 Å². The maximum absolute atomic E-state index is 10.8. The predicted molar refractivity (Wildman–Crippen MR) is 61.7 cm³/mol. The molecule has 1 aliphatic heterocycles. The lowest BCUT2D eigenvalue weighted by molar-refractivity contribution is -0.670. The van der Waals surface area contributed by atoms with Crippen LogP contribution in [0.15, 0.2) is 18.2 Å². The molecule has 0 aromatic heterocycles. The topological polar surface area (TPSA) is 135 Å². The summed E-state index contributed by atoms with van der Waals surface area (Å²) >= 11 is 0. The van der Waals surface area contributed by atoms with E-state index in [4.69, 9.17) is 4.74 Å². The van der Waals surface area contributed by atoms with Crippen molar-refractivity contribution in [3.63, 3.8) is 0 Å². The molecule has 0 radical (unpaired) electrons. The van der Waals surface area contributed by atoms with Gasteiger partial charge >= 0.3 is 11.4 Å². The number of rotatable bonds is 2. The van der Waals surface area contributed by atoms with Crippen molar-refractivity contribution in [1.29, 1.82) is 0 Å². The van der Waals surface area contributed by atoms with Crippen molar-refractivity contribution < 1.29 is 25.0 Å². The van der Waals surface area contributed by atoms with Gasteiger partial charge in [-0.15, -0.1) is 0 Å². The molecule has 1 heterocycles. The van der Waals surface area contributed by atoms with Crippen molar-refractivity contribution in [3.8, 4) is 5.75 Å². The molecule has 0 saturated carbocycles. The smallest absolute Gasteiger partial charge is 0.345 e. The molecule has 0 unspecified atom stereocenters. The van der Waals surface area contributed by atoms with Crippen LogP contribution in [-0.4, -0.2) is 36.1 Å². The van der Waals surface area contributed by atoms with Gasteiger partial charge in [0.1, 0.15) is 0 Å². The molecule has 0 amide bonds. The molecular formula is C10H13N3O6. The van der Waals surface area contributed by atoms with E-state index >= 15 is 0 Å². The van der Waals surface area contributed by atoms with Crippen LogP contribution < -0.4 is 10.4 Å². The number of hydrogen-bond acceptors (Lipinski definition) is 6. The summed E-state index contributed by atoms with van der Waals surface area (Å²) in [5.74, 6) is -0.959. The zero-order valence-electron chi connectivity index (χ0n) is 9.98. The molecule has 9 nitrogen and oxygen atoms in total. The van der Waals surface area contributed by atoms with Crippen LogP contribution in [0.1, 0.15) is 0 Å². The third-order valence-electron chi connectivity index (χ3n) is 2.29. The van der Waals surface area contributed by atoms with Gasteiger partial charge in [-0.25, -0.2) is 0 Å². The first-order valence-electron chi connectivity index (χ1n) is 5.52. The molecule has 1 aliphatic rings. The molecular weight excluding hydrogens is 258 g/mol. The summed E-state index contributed by atoms with van der Waals surface area (Å²) in [6, 6.07) is 2.93. The molecule has 1 aromatic carbocycles. The minimum absolute atomic E-state index is 0.780. The number of nitrogens with zero attached hydrogens (tertiary/aromatic N) is 2. The average molecular weight is 271 g/mol. The standard InChI is InChI=1S/C6H4N2O5.C4H9NO/c9-5-3-1-2-4(7(10)11)6(5)8(12)13;1-3-6-4-2-5-1/h1-3,9H;5H,1-4H2. The normalized spacial score (nSPS) is 14.1. The lowest BCUT2D eigenvalue weighted by Gasteiger charge is -2.07. The maximum atomic E-state index is 10.8. The van der Waals surface area contributed by atoms with Crippen LogP contribution >= 0.6 is 0 Å². The van der Waals surface area contributed by atoms with Gasteiger partial charge in [0.15, 0.2) is 0 Å². The molecule has 19 heavy (non-hydrogen) atoms. The quantitative estimate of drug-likeness (QED) is 0.550. The Labute approximate surface area is 108 Å². The van der Waals surface area contributed by atoms with Crippen molar-refractivity contribution in [1.82, 2.24) is 0 Å². The zero-order chi connectivity index (χ0) is 14.3. The fraction of sp³-hybridized carbons (Fsp3) is 0.400. The molecule has 104 valence electrons. The third-order valence-corrected chi connectivity index (χ3v) is 2.29. The van der Waals surface area contributed by atoms with Crippen molar-refractivity contribution in [2.45, 2.75) is 0 Å². The molecule has 0 spiro atoms. The number of morpholine rings is 1. The Balaban J connectivity index is 0.000000250. The van der Waals surface area contributed by atoms with E-state index in [1.807, 2.05) is 0 Å². The number of nitro groups is 2. The van der Waals surface area contributed by atoms with Crippen molar-refractivity contribution in [3.05, 3.63) is 38.4 Å². The van der Waals surface area contributed by atoms with Crippen molar-refractivity contribution in [2.24, 2.45) is 0 Å². The van der Waals surface area contributed by atoms with Crippen LogP contribution in [0.5, 0.6) is 5.75 Å². The number of para-hydroxylation sites is 1. The fourth-order valence-corrected chi connectivity index (χ4v) is 1.42. The summed E-state index contributed by atoms with van der Waals surface area (Å²) in [4.78, 5) is 18.5. The Morgan fingerprint density at radius 2 is 1.74 bits per heavy atom. The van der Waals surface area contributed by atoms with E-state index in [1.165, 1.54) is 0 Å². The summed E-state index contributed by atoms with van der Waals surface area (Å²) in [5, 5.41) is 33.6. The summed E-state index contributed by atoms with van der Waals surface area (Å²) in [7, 11) is 0. The lowest BCUT2D eigenvalue weighted by Crippen LogP contribution is -2.87. The molecule has 0 atom stereocenters. The van der Waals surface area contributed by atoms with Gasteiger partial charge < -0.3 is 15.2 Å². The zero-order valence-corrected chi connectivity index (χ0v) is 9.98.